The molecule has 0 aliphatic carbocycles. The molecular weight excluding hydrogens is 315 g/mol. The summed E-state index contributed by atoms with van der Waals surface area (Å²) in [5.41, 5.74) is 0. The maximum absolute atomic E-state index is 12.9. The first-order chi connectivity index (χ1) is 11.6. The lowest BCUT2D eigenvalue weighted by Gasteiger charge is -2.33. The zero-order valence-corrected chi connectivity index (χ0v) is 13.6. The van der Waals surface area contributed by atoms with Crippen molar-refractivity contribution >= 4 is 5.91 Å². The molecule has 1 aromatic carbocycles. The molecule has 2 heterocycles. The molecule has 1 aromatic heterocycles. The number of carbonyl (C=O) groups is 1. The molecule has 0 N–H and O–H groups in total. The van der Waals surface area contributed by atoms with Crippen LogP contribution in [0.25, 0.3) is 0 Å². The Kier molecular flexibility index (Phi) is 4.75. The SMILES string of the molecule is COCc1nnc2n1CCN(C(=O)COc1ccc(F)cc1)[C@@H]2C. The highest BCUT2D eigenvalue weighted by Gasteiger charge is 2.31. The van der Waals surface area contributed by atoms with Gasteiger partial charge in [-0.3, -0.25) is 4.79 Å². The fourth-order valence-electron chi connectivity index (χ4n) is 2.78. The Labute approximate surface area is 139 Å². The molecule has 2 aromatic rings. The summed E-state index contributed by atoms with van der Waals surface area (Å²) >= 11 is 0. The van der Waals surface area contributed by atoms with Gasteiger partial charge >= 0.3 is 0 Å². The van der Waals surface area contributed by atoms with Crippen LogP contribution in [0.2, 0.25) is 0 Å². The second kappa shape index (κ2) is 6.96. The molecular formula is C16H19FN4O3. The second-order valence-electron chi connectivity index (χ2n) is 5.56. The van der Waals surface area contributed by atoms with Gasteiger partial charge in [-0.05, 0) is 31.2 Å². The first kappa shape index (κ1) is 16.4. The van der Waals surface area contributed by atoms with Gasteiger partial charge in [-0.25, -0.2) is 4.39 Å². The summed E-state index contributed by atoms with van der Waals surface area (Å²) < 4.78 is 25.4. The number of methoxy groups -OCH3 is 1. The van der Waals surface area contributed by atoms with Crippen molar-refractivity contribution in [2.45, 2.75) is 26.1 Å². The minimum Gasteiger partial charge on any atom is -0.484 e. The number of amides is 1. The molecule has 8 heteroatoms. The van der Waals surface area contributed by atoms with Crippen LogP contribution in [-0.2, 0) is 22.7 Å². The Bertz CT molecular complexity index is 717. The van der Waals surface area contributed by atoms with Crippen LogP contribution in [-0.4, -0.2) is 45.8 Å². The van der Waals surface area contributed by atoms with E-state index in [1.165, 1.54) is 24.3 Å². The number of benzene rings is 1. The van der Waals surface area contributed by atoms with Gasteiger partial charge in [0.25, 0.3) is 5.91 Å². The third-order valence-electron chi connectivity index (χ3n) is 4.03. The zero-order valence-electron chi connectivity index (χ0n) is 13.6. The van der Waals surface area contributed by atoms with Gasteiger partial charge in [-0.15, -0.1) is 10.2 Å². The summed E-state index contributed by atoms with van der Waals surface area (Å²) in [6.45, 7) is 3.37. The van der Waals surface area contributed by atoms with Gasteiger partial charge in [0.05, 0.1) is 6.04 Å². The molecule has 0 saturated carbocycles. The van der Waals surface area contributed by atoms with Crippen molar-refractivity contribution in [3.05, 3.63) is 41.7 Å². The topological polar surface area (TPSA) is 69.5 Å². The maximum Gasteiger partial charge on any atom is 0.261 e. The van der Waals surface area contributed by atoms with Crippen LogP contribution in [0.3, 0.4) is 0 Å². The van der Waals surface area contributed by atoms with Gasteiger partial charge in [0.2, 0.25) is 0 Å². The standard InChI is InChI=1S/C16H19FN4O3/c1-11-16-19-18-14(9-23-2)21(16)8-7-20(11)15(22)10-24-13-5-3-12(17)4-6-13/h3-6,11H,7-10H2,1-2H3/t11-/m1/s1. The second-order valence-corrected chi connectivity index (χ2v) is 5.56. The van der Waals surface area contributed by atoms with E-state index in [0.29, 0.717) is 25.4 Å². The van der Waals surface area contributed by atoms with Crippen LogP contribution < -0.4 is 4.74 Å². The van der Waals surface area contributed by atoms with E-state index in [0.717, 1.165) is 11.6 Å². The number of aromatic nitrogens is 3. The Hall–Kier alpha value is -2.48. The molecule has 0 spiro atoms. The molecule has 3 rings (SSSR count). The summed E-state index contributed by atoms with van der Waals surface area (Å²) in [7, 11) is 1.61. The Morgan fingerprint density at radius 2 is 2.04 bits per heavy atom. The largest absolute Gasteiger partial charge is 0.484 e. The summed E-state index contributed by atoms with van der Waals surface area (Å²) in [4.78, 5) is 14.1. The average Bonchev–Trinajstić information content (AvgIpc) is 2.99. The van der Waals surface area contributed by atoms with Gasteiger partial charge in [0.1, 0.15) is 18.2 Å². The number of carbonyl (C=O) groups excluding carboxylic acids is 1. The van der Waals surface area contributed by atoms with E-state index in [-0.39, 0.29) is 24.4 Å². The minimum absolute atomic E-state index is 0.102. The van der Waals surface area contributed by atoms with Crippen LogP contribution in [0.5, 0.6) is 5.75 Å². The quantitative estimate of drug-likeness (QED) is 0.830. The molecule has 0 bridgehead atoms. The highest BCUT2D eigenvalue weighted by Crippen LogP contribution is 2.24. The Balaban J connectivity index is 1.64. The smallest absolute Gasteiger partial charge is 0.261 e. The molecule has 0 saturated heterocycles. The normalized spacial score (nSPS) is 16.8. The van der Waals surface area contributed by atoms with Crippen molar-refractivity contribution in [1.82, 2.24) is 19.7 Å². The predicted octanol–water partition coefficient (Wildman–Crippen LogP) is 1.55. The monoisotopic (exact) mass is 334 g/mol. The molecule has 24 heavy (non-hydrogen) atoms. The number of rotatable bonds is 5. The van der Waals surface area contributed by atoms with E-state index in [1.54, 1.807) is 12.0 Å². The summed E-state index contributed by atoms with van der Waals surface area (Å²) in [6.07, 6.45) is 0. The van der Waals surface area contributed by atoms with Crippen molar-refractivity contribution < 1.29 is 18.7 Å². The Morgan fingerprint density at radius 1 is 1.29 bits per heavy atom. The number of halogens is 1. The minimum atomic E-state index is -0.343. The fourth-order valence-corrected chi connectivity index (χ4v) is 2.78. The lowest BCUT2D eigenvalue weighted by molar-refractivity contribution is -0.136. The van der Waals surface area contributed by atoms with Gasteiger partial charge in [0, 0.05) is 20.2 Å². The molecule has 1 amide bonds. The lowest BCUT2D eigenvalue weighted by atomic mass is 10.2. The average molecular weight is 334 g/mol. The van der Waals surface area contributed by atoms with Crippen molar-refractivity contribution in [2.75, 3.05) is 20.3 Å². The molecule has 0 unspecified atom stereocenters. The van der Waals surface area contributed by atoms with Crippen molar-refractivity contribution in [2.24, 2.45) is 0 Å². The Morgan fingerprint density at radius 3 is 2.75 bits per heavy atom. The summed E-state index contributed by atoms with van der Waals surface area (Å²) in [5.74, 6) is 1.47. The summed E-state index contributed by atoms with van der Waals surface area (Å²) in [5, 5.41) is 8.29. The highest BCUT2D eigenvalue weighted by molar-refractivity contribution is 5.78. The van der Waals surface area contributed by atoms with Crippen LogP contribution >= 0.6 is 0 Å². The van der Waals surface area contributed by atoms with Crippen LogP contribution in [0, 0.1) is 5.82 Å². The van der Waals surface area contributed by atoms with E-state index in [4.69, 9.17) is 9.47 Å². The molecule has 128 valence electrons. The first-order valence-electron chi connectivity index (χ1n) is 7.69. The zero-order chi connectivity index (χ0) is 17.1. The van der Waals surface area contributed by atoms with Crippen molar-refractivity contribution in [3.8, 4) is 5.75 Å². The van der Waals surface area contributed by atoms with Crippen molar-refractivity contribution in [1.29, 1.82) is 0 Å². The predicted molar refractivity (Wildman–Crippen MR) is 82.8 cm³/mol. The van der Waals surface area contributed by atoms with Gasteiger partial charge in [-0.2, -0.15) is 0 Å². The van der Waals surface area contributed by atoms with E-state index in [9.17, 15) is 9.18 Å². The number of hydrogen-bond donors (Lipinski definition) is 0. The molecule has 0 radical (unpaired) electrons. The molecule has 7 nitrogen and oxygen atoms in total. The van der Waals surface area contributed by atoms with Crippen molar-refractivity contribution in [3.63, 3.8) is 0 Å². The van der Waals surface area contributed by atoms with E-state index >= 15 is 0 Å². The van der Waals surface area contributed by atoms with E-state index < -0.39 is 0 Å². The third-order valence-corrected chi connectivity index (χ3v) is 4.03. The van der Waals surface area contributed by atoms with Crippen LogP contribution in [0.15, 0.2) is 24.3 Å². The third kappa shape index (κ3) is 3.23. The number of fused-ring (bicyclic) bond motifs is 1. The molecule has 1 aliphatic rings. The first-order valence-corrected chi connectivity index (χ1v) is 7.69. The molecule has 0 fully saturated rings. The van der Waals surface area contributed by atoms with Gasteiger partial charge in [-0.1, -0.05) is 0 Å². The van der Waals surface area contributed by atoms with Crippen LogP contribution in [0.4, 0.5) is 4.39 Å². The highest BCUT2D eigenvalue weighted by atomic mass is 19.1. The molecule has 1 atom stereocenters. The summed E-state index contributed by atoms with van der Waals surface area (Å²) in [6, 6.07) is 5.39. The van der Waals surface area contributed by atoms with Gasteiger partial charge in [0.15, 0.2) is 18.3 Å². The number of ether oxygens (including phenoxy) is 2. The fraction of sp³-hybridized carbons (Fsp3) is 0.438. The number of nitrogens with zero attached hydrogens (tertiary/aromatic N) is 4. The van der Waals surface area contributed by atoms with Gasteiger partial charge < -0.3 is 18.9 Å². The maximum atomic E-state index is 12.9. The number of hydrogen-bond acceptors (Lipinski definition) is 5. The van der Waals surface area contributed by atoms with Crippen LogP contribution in [0.1, 0.15) is 24.6 Å². The van der Waals surface area contributed by atoms with E-state index in [1.807, 2.05) is 11.5 Å². The lowest BCUT2D eigenvalue weighted by Crippen LogP contribution is -2.43. The molecule has 1 aliphatic heterocycles. The van der Waals surface area contributed by atoms with E-state index in [2.05, 4.69) is 10.2 Å².